The van der Waals surface area contributed by atoms with Gasteiger partial charge in [0.05, 0.1) is 5.56 Å². The lowest BCUT2D eigenvalue weighted by Crippen LogP contribution is -1.94. The van der Waals surface area contributed by atoms with Crippen LogP contribution in [0.25, 0.3) is 21.5 Å². The third-order valence-electron chi connectivity index (χ3n) is 3.76. The van der Waals surface area contributed by atoms with Crippen molar-refractivity contribution in [3.05, 3.63) is 90.5 Å². The molecule has 3 nitrogen and oxygen atoms in total. The van der Waals surface area contributed by atoms with Crippen molar-refractivity contribution in [3.63, 3.8) is 0 Å². The molecule has 4 aromatic carbocycles. The average Bonchev–Trinajstić information content (AvgIpc) is 2.62. The Morgan fingerprint density at radius 1 is 0.667 bits per heavy atom. The van der Waals surface area contributed by atoms with Crippen LogP contribution in [0.2, 0.25) is 0 Å². The number of carbonyl (C=O) groups is 1. The monoisotopic (exact) mass is 316 g/mol. The molecule has 0 atom stereocenters. The molecule has 0 aliphatic rings. The summed E-state index contributed by atoms with van der Waals surface area (Å²) in [5.41, 5.74) is 0.332. The molecule has 24 heavy (non-hydrogen) atoms. The third kappa shape index (κ3) is 3.36. The smallest absolute Gasteiger partial charge is 0.335 e. The van der Waals surface area contributed by atoms with Gasteiger partial charge in [0.25, 0.3) is 0 Å². The zero-order chi connectivity index (χ0) is 16.9. The molecule has 0 saturated heterocycles. The molecule has 0 radical (unpaired) electrons. The Morgan fingerprint density at radius 2 is 1.29 bits per heavy atom. The number of phenolic OH excluding ortho intramolecular Hbond substituents is 1. The van der Waals surface area contributed by atoms with Gasteiger partial charge in [0, 0.05) is 5.39 Å². The minimum Gasteiger partial charge on any atom is -0.507 e. The summed E-state index contributed by atoms with van der Waals surface area (Å²) in [5, 5.41) is 22.1. The topological polar surface area (TPSA) is 57.5 Å². The maximum absolute atomic E-state index is 10.6. The van der Waals surface area contributed by atoms with Gasteiger partial charge >= 0.3 is 5.97 Å². The van der Waals surface area contributed by atoms with E-state index in [0.29, 0.717) is 11.3 Å². The molecule has 0 aliphatic carbocycles. The van der Waals surface area contributed by atoms with Crippen LogP contribution in [0, 0.1) is 0 Å². The number of carboxylic acids is 1. The SMILES string of the molecule is O=C(O)c1ccc2ccccc2c1.Oc1cccc2ccccc12. The highest BCUT2D eigenvalue weighted by atomic mass is 16.4. The standard InChI is InChI=1S/C11H8O2.C10H8O/c12-11(13)10-6-5-8-3-1-2-4-9(8)7-10;11-10-7-3-5-8-4-1-2-6-9(8)10/h1-7H,(H,12,13);1-7,11H. The van der Waals surface area contributed by atoms with Gasteiger partial charge in [-0.1, -0.05) is 66.7 Å². The number of hydrogen-bond acceptors (Lipinski definition) is 2. The van der Waals surface area contributed by atoms with Gasteiger partial charge in [-0.05, 0) is 34.4 Å². The average molecular weight is 316 g/mol. The molecule has 0 heterocycles. The van der Waals surface area contributed by atoms with E-state index in [2.05, 4.69) is 0 Å². The zero-order valence-electron chi connectivity index (χ0n) is 12.9. The quantitative estimate of drug-likeness (QED) is 0.514. The number of hydrogen-bond donors (Lipinski definition) is 2. The van der Waals surface area contributed by atoms with E-state index in [1.165, 1.54) is 0 Å². The highest BCUT2D eigenvalue weighted by molar-refractivity contribution is 5.94. The number of aromatic hydroxyl groups is 1. The van der Waals surface area contributed by atoms with Crippen molar-refractivity contribution in [2.75, 3.05) is 0 Å². The second-order valence-corrected chi connectivity index (χ2v) is 5.37. The Hall–Kier alpha value is -3.33. The lowest BCUT2D eigenvalue weighted by atomic mass is 10.1. The van der Waals surface area contributed by atoms with Crippen LogP contribution >= 0.6 is 0 Å². The zero-order valence-corrected chi connectivity index (χ0v) is 12.9. The predicted octanol–water partition coefficient (Wildman–Crippen LogP) is 5.08. The Morgan fingerprint density at radius 3 is 2.00 bits per heavy atom. The summed E-state index contributed by atoms with van der Waals surface area (Å²) >= 11 is 0. The highest BCUT2D eigenvalue weighted by Gasteiger charge is 2.01. The first-order valence-corrected chi connectivity index (χ1v) is 7.54. The molecule has 2 N–H and O–H groups in total. The fourth-order valence-corrected chi connectivity index (χ4v) is 2.53. The van der Waals surface area contributed by atoms with E-state index in [1.54, 1.807) is 18.2 Å². The molecule has 0 spiro atoms. The predicted molar refractivity (Wildman–Crippen MR) is 96.5 cm³/mol. The van der Waals surface area contributed by atoms with Gasteiger partial charge in [-0.15, -0.1) is 0 Å². The van der Waals surface area contributed by atoms with Crippen molar-refractivity contribution < 1.29 is 15.0 Å². The van der Waals surface area contributed by atoms with E-state index < -0.39 is 5.97 Å². The van der Waals surface area contributed by atoms with Gasteiger partial charge < -0.3 is 10.2 Å². The summed E-state index contributed by atoms with van der Waals surface area (Å²) in [6.07, 6.45) is 0. The number of aromatic carboxylic acids is 1. The van der Waals surface area contributed by atoms with Crippen LogP contribution in [0.4, 0.5) is 0 Å². The molecule has 3 heteroatoms. The number of fused-ring (bicyclic) bond motifs is 2. The van der Waals surface area contributed by atoms with Gasteiger partial charge in [-0.3, -0.25) is 0 Å². The van der Waals surface area contributed by atoms with Crippen molar-refractivity contribution >= 4 is 27.5 Å². The maximum Gasteiger partial charge on any atom is 0.335 e. The largest absolute Gasteiger partial charge is 0.507 e. The summed E-state index contributed by atoms with van der Waals surface area (Å²) < 4.78 is 0. The van der Waals surface area contributed by atoms with Crippen molar-refractivity contribution in [2.24, 2.45) is 0 Å². The van der Waals surface area contributed by atoms with Crippen molar-refractivity contribution in [2.45, 2.75) is 0 Å². The van der Waals surface area contributed by atoms with Gasteiger partial charge in [0.1, 0.15) is 5.75 Å². The van der Waals surface area contributed by atoms with Crippen molar-refractivity contribution in [1.29, 1.82) is 0 Å². The molecule has 118 valence electrons. The summed E-state index contributed by atoms with van der Waals surface area (Å²) in [6.45, 7) is 0. The molecule has 0 amide bonds. The fraction of sp³-hybridized carbons (Fsp3) is 0. The Labute approximate surface area is 139 Å². The first kappa shape index (κ1) is 15.6. The summed E-state index contributed by atoms with van der Waals surface area (Å²) in [6, 6.07) is 26.1. The first-order chi connectivity index (χ1) is 11.6. The molecular weight excluding hydrogens is 300 g/mol. The van der Waals surface area contributed by atoms with Crippen LogP contribution in [0.15, 0.2) is 84.9 Å². The van der Waals surface area contributed by atoms with Crippen LogP contribution in [0.3, 0.4) is 0 Å². The molecule has 0 unspecified atom stereocenters. The number of carboxylic acid groups (broad SMARTS) is 1. The Bertz CT molecular complexity index is 1000. The second kappa shape index (κ2) is 6.84. The molecule has 0 aromatic heterocycles. The molecular formula is C21H16O3. The molecule has 4 aromatic rings. The highest BCUT2D eigenvalue weighted by Crippen LogP contribution is 2.23. The summed E-state index contributed by atoms with van der Waals surface area (Å²) in [4.78, 5) is 10.6. The molecule has 0 bridgehead atoms. The van der Waals surface area contributed by atoms with E-state index in [4.69, 9.17) is 5.11 Å². The van der Waals surface area contributed by atoms with Gasteiger partial charge in [0.2, 0.25) is 0 Å². The van der Waals surface area contributed by atoms with Crippen molar-refractivity contribution in [3.8, 4) is 5.75 Å². The third-order valence-corrected chi connectivity index (χ3v) is 3.76. The molecule has 4 rings (SSSR count). The Balaban J connectivity index is 0.000000143. The Kier molecular flexibility index (Phi) is 4.43. The molecule has 0 saturated carbocycles. The van der Waals surface area contributed by atoms with E-state index in [0.717, 1.165) is 21.5 Å². The van der Waals surface area contributed by atoms with Crippen LogP contribution in [0.1, 0.15) is 10.4 Å². The minimum absolute atomic E-state index is 0.332. The van der Waals surface area contributed by atoms with E-state index in [1.807, 2.05) is 66.7 Å². The second-order valence-electron chi connectivity index (χ2n) is 5.37. The summed E-state index contributed by atoms with van der Waals surface area (Å²) in [7, 11) is 0. The van der Waals surface area contributed by atoms with Crippen LogP contribution < -0.4 is 0 Å². The number of benzene rings is 4. The molecule has 0 fully saturated rings. The van der Waals surface area contributed by atoms with Crippen LogP contribution in [-0.4, -0.2) is 16.2 Å². The molecule has 0 aliphatic heterocycles. The summed E-state index contributed by atoms with van der Waals surface area (Å²) in [5.74, 6) is -0.533. The normalized spacial score (nSPS) is 10.2. The lowest BCUT2D eigenvalue weighted by Gasteiger charge is -1.98. The van der Waals surface area contributed by atoms with E-state index in [-0.39, 0.29) is 0 Å². The van der Waals surface area contributed by atoms with Gasteiger partial charge in [-0.25, -0.2) is 4.79 Å². The minimum atomic E-state index is -0.884. The van der Waals surface area contributed by atoms with Gasteiger partial charge in [0.15, 0.2) is 0 Å². The fourth-order valence-electron chi connectivity index (χ4n) is 2.53. The maximum atomic E-state index is 10.6. The van der Waals surface area contributed by atoms with Crippen LogP contribution in [-0.2, 0) is 0 Å². The number of rotatable bonds is 1. The van der Waals surface area contributed by atoms with E-state index in [9.17, 15) is 9.90 Å². The van der Waals surface area contributed by atoms with Crippen LogP contribution in [0.5, 0.6) is 5.75 Å². The lowest BCUT2D eigenvalue weighted by molar-refractivity contribution is 0.0697. The number of phenols is 1. The van der Waals surface area contributed by atoms with Gasteiger partial charge in [-0.2, -0.15) is 0 Å². The van der Waals surface area contributed by atoms with E-state index >= 15 is 0 Å². The first-order valence-electron chi connectivity index (χ1n) is 7.54. The van der Waals surface area contributed by atoms with Crippen molar-refractivity contribution in [1.82, 2.24) is 0 Å².